The zero-order chi connectivity index (χ0) is 8.10. The molecule has 2 radical (unpaired) electrons. The molecule has 0 N–H and O–H groups in total. The predicted molar refractivity (Wildman–Crippen MR) is 58.6 cm³/mol. The van der Waals surface area contributed by atoms with Gasteiger partial charge in [-0.15, -0.1) is 12.4 Å². The first-order valence-electron chi connectivity index (χ1n) is 3.57. The molecule has 0 bridgehead atoms. The van der Waals surface area contributed by atoms with Gasteiger partial charge in [0.15, 0.2) is 15.8 Å². The first-order valence-corrected chi connectivity index (χ1v) is 6.38. The fourth-order valence-electron chi connectivity index (χ4n) is 0.867. The summed E-state index contributed by atoms with van der Waals surface area (Å²) >= 11 is 2.73. The summed E-state index contributed by atoms with van der Waals surface area (Å²) in [7, 11) is 0.730. The highest BCUT2D eigenvalue weighted by Gasteiger charge is 1.96. The lowest BCUT2D eigenvalue weighted by Gasteiger charge is -2.07. The van der Waals surface area contributed by atoms with Crippen molar-refractivity contribution in [3.05, 3.63) is 24.3 Å². The highest BCUT2D eigenvalue weighted by atomic mass is 35.5. The predicted octanol–water partition coefficient (Wildman–Crippen LogP) is 1.89. The van der Waals surface area contributed by atoms with Crippen molar-refractivity contribution in [1.82, 2.24) is 0 Å². The minimum atomic E-state index is 0. The van der Waals surface area contributed by atoms with E-state index in [-0.39, 0.29) is 12.4 Å². The Balaban J connectivity index is 0.00000121. The molecule has 0 saturated carbocycles. The first kappa shape index (κ1) is 12.3. The van der Waals surface area contributed by atoms with Crippen LogP contribution in [-0.2, 0) is 0 Å². The second-order valence-corrected chi connectivity index (χ2v) is 3.77. The first-order chi connectivity index (χ1) is 5.38. The molecule has 1 atom stereocenters. The number of ether oxygens (including phenoxy) is 1. The smallest absolute Gasteiger partial charge is 0.173 e. The molecule has 0 aliphatic heterocycles. The van der Waals surface area contributed by atoms with Crippen LogP contribution in [0.1, 0.15) is 6.92 Å². The summed E-state index contributed by atoms with van der Waals surface area (Å²) in [5.74, 6) is 1.02. The van der Waals surface area contributed by atoms with Gasteiger partial charge in [0.05, 0.1) is 6.61 Å². The van der Waals surface area contributed by atoms with Gasteiger partial charge in [-0.1, -0.05) is 18.2 Å². The van der Waals surface area contributed by atoms with E-state index in [2.05, 4.69) is 21.9 Å². The van der Waals surface area contributed by atoms with E-state index in [0.29, 0.717) is 0 Å². The van der Waals surface area contributed by atoms with E-state index in [0.717, 1.165) is 19.6 Å². The summed E-state index contributed by atoms with van der Waals surface area (Å²) in [6.45, 7) is 2.74. The average Bonchev–Trinajstić information content (AvgIpc) is 2.06. The van der Waals surface area contributed by atoms with Crippen molar-refractivity contribution in [3.8, 4) is 5.75 Å². The standard InChI is InChI=1S/C8H10OP.Al.ClH/c1-2-9-7-5-3-4-6-8(7)10;;/h3-6,10H,2H2,1H3;;1H/q-1;+1;. The van der Waals surface area contributed by atoms with Crippen LogP contribution in [0.2, 0.25) is 0 Å². The van der Waals surface area contributed by atoms with Crippen LogP contribution in [0.3, 0.4) is 0 Å². The topological polar surface area (TPSA) is 9.23 Å². The maximum absolute atomic E-state index is 5.42. The van der Waals surface area contributed by atoms with Crippen LogP contribution in [-0.4, -0.2) is 22.5 Å². The number of para-hydroxylation sites is 1. The molecule has 4 heteroatoms. The largest absolute Gasteiger partial charge is 0.493 e. The molecular weight excluding hydrogens is 205 g/mol. The van der Waals surface area contributed by atoms with Crippen molar-refractivity contribution in [1.29, 1.82) is 0 Å². The molecule has 1 aromatic rings. The summed E-state index contributed by atoms with van der Waals surface area (Å²) in [4.78, 5) is 0. The molecule has 0 aliphatic carbocycles. The molecule has 1 unspecified atom stereocenters. The van der Waals surface area contributed by atoms with Gasteiger partial charge in [0, 0.05) is 0 Å². The Morgan fingerprint density at radius 3 is 2.67 bits per heavy atom. The van der Waals surface area contributed by atoms with Crippen LogP contribution < -0.4 is 10.0 Å². The summed E-state index contributed by atoms with van der Waals surface area (Å²) in [6, 6.07) is 8.14. The number of hydrogen-bond acceptors (Lipinski definition) is 1. The quantitative estimate of drug-likeness (QED) is 0.554. The molecule has 1 nitrogen and oxygen atoms in total. The van der Waals surface area contributed by atoms with Crippen LogP contribution in [0.5, 0.6) is 5.75 Å². The second kappa shape index (κ2) is 6.75. The molecule has 0 saturated heterocycles. The van der Waals surface area contributed by atoms with Crippen molar-refractivity contribution in [2.45, 2.75) is 6.92 Å². The van der Waals surface area contributed by atoms with E-state index in [1.807, 2.05) is 25.1 Å². The van der Waals surface area contributed by atoms with Crippen LogP contribution in [0.4, 0.5) is 0 Å². The summed E-state index contributed by atoms with van der Waals surface area (Å²) < 4.78 is 5.42. The molecule has 0 heterocycles. The van der Waals surface area contributed by atoms with Crippen molar-refractivity contribution in [2.24, 2.45) is 0 Å². The van der Waals surface area contributed by atoms with E-state index in [1.54, 1.807) is 0 Å². The van der Waals surface area contributed by atoms with Crippen molar-refractivity contribution >= 4 is 40.8 Å². The molecule has 0 amide bonds. The lowest BCUT2D eigenvalue weighted by atomic mass is 10.3. The molecule has 0 aromatic heterocycles. The third kappa shape index (κ3) is 3.34. The van der Waals surface area contributed by atoms with E-state index in [1.165, 1.54) is 5.30 Å². The van der Waals surface area contributed by atoms with Gasteiger partial charge >= 0.3 is 0 Å². The Hall–Kier alpha value is 0.272. The highest BCUT2D eigenvalue weighted by molar-refractivity contribution is 7.73. The van der Waals surface area contributed by atoms with Gasteiger partial charge < -0.3 is 4.74 Å². The van der Waals surface area contributed by atoms with E-state index < -0.39 is 0 Å². The number of rotatable bonds is 3. The molecule has 0 spiro atoms. The monoisotopic (exact) mass is 216 g/mol. The van der Waals surface area contributed by atoms with Gasteiger partial charge in [0.25, 0.3) is 0 Å². The Morgan fingerprint density at radius 1 is 1.42 bits per heavy atom. The number of halogens is 1. The molecule has 12 heavy (non-hydrogen) atoms. The average molecular weight is 217 g/mol. The molecule has 0 fully saturated rings. The molecular formula is C8H11AlClOP. The fourth-order valence-corrected chi connectivity index (χ4v) is 2.07. The Kier molecular flexibility index (Phi) is 6.91. The SMILES string of the molecule is CCOc1ccccc1[PH][Al].Cl. The van der Waals surface area contributed by atoms with Gasteiger partial charge in [-0.25, -0.2) is 0 Å². The van der Waals surface area contributed by atoms with Crippen LogP contribution in [0.15, 0.2) is 24.3 Å². The lowest BCUT2D eigenvalue weighted by Crippen LogP contribution is -2.02. The Bertz CT molecular complexity index is 232. The molecule has 1 aromatic carbocycles. The normalized spacial score (nSPS) is 9.75. The zero-order valence-corrected chi connectivity index (χ0v) is 9.88. The molecule has 1 rings (SSSR count). The van der Waals surface area contributed by atoms with Crippen LogP contribution >= 0.6 is 19.6 Å². The molecule has 0 aliphatic rings. The number of hydrogen-bond donors (Lipinski definition) is 0. The highest BCUT2D eigenvalue weighted by Crippen LogP contribution is 2.14. The maximum atomic E-state index is 5.42. The Labute approximate surface area is 89.1 Å². The minimum absolute atomic E-state index is 0. The van der Waals surface area contributed by atoms with E-state index in [9.17, 15) is 0 Å². The summed E-state index contributed by atoms with van der Waals surface area (Å²) in [5, 5.41) is 1.28. The van der Waals surface area contributed by atoms with E-state index in [4.69, 9.17) is 4.74 Å². The fraction of sp³-hybridized carbons (Fsp3) is 0.250. The number of benzene rings is 1. The van der Waals surface area contributed by atoms with Gasteiger partial charge in [-0.05, 0) is 18.3 Å². The van der Waals surface area contributed by atoms with Crippen LogP contribution in [0, 0.1) is 0 Å². The third-order valence-electron chi connectivity index (χ3n) is 1.34. The second-order valence-electron chi connectivity index (χ2n) is 2.07. The van der Waals surface area contributed by atoms with Gasteiger partial charge in [0.1, 0.15) is 5.75 Å². The maximum Gasteiger partial charge on any atom is 0.173 e. The van der Waals surface area contributed by atoms with Gasteiger partial charge in [-0.3, -0.25) is 0 Å². The van der Waals surface area contributed by atoms with E-state index >= 15 is 0 Å². The summed E-state index contributed by atoms with van der Waals surface area (Å²) in [6.07, 6.45) is 0. The zero-order valence-electron chi connectivity index (χ0n) is 6.91. The molecule has 64 valence electrons. The van der Waals surface area contributed by atoms with Crippen LogP contribution in [0.25, 0.3) is 0 Å². The third-order valence-corrected chi connectivity index (χ3v) is 3.00. The Morgan fingerprint density at radius 2 is 2.08 bits per heavy atom. The summed E-state index contributed by atoms with van der Waals surface area (Å²) in [5.41, 5.74) is 0. The van der Waals surface area contributed by atoms with Gasteiger partial charge in [0.2, 0.25) is 0 Å². The van der Waals surface area contributed by atoms with Crippen molar-refractivity contribution < 1.29 is 4.74 Å². The minimum Gasteiger partial charge on any atom is -0.493 e. The van der Waals surface area contributed by atoms with Crippen molar-refractivity contribution in [3.63, 3.8) is 0 Å². The van der Waals surface area contributed by atoms with Crippen molar-refractivity contribution in [2.75, 3.05) is 6.61 Å². The lowest BCUT2D eigenvalue weighted by molar-refractivity contribution is 0.343. The van der Waals surface area contributed by atoms with Gasteiger partial charge in [-0.2, -0.15) is 7.23 Å².